The van der Waals surface area contributed by atoms with Gasteiger partial charge in [0.15, 0.2) is 6.61 Å². The summed E-state index contributed by atoms with van der Waals surface area (Å²) >= 11 is 1.88. The topological polar surface area (TPSA) is 35.5 Å². The van der Waals surface area contributed by atoms with Crippen LogP contribution in [0, 0.1) is 9.85 Å². The van der Waals surface area contributed by atoms with Crippen LogP contribution >= 0.6 is 22.6 Å². The molecule has 1 aromatic carbocycles. The molecular weight excluding hydrogens is 331 g/mol. The van der Waals surface area contributed by atoms with Crippen LogP contribution in [0.25, 0.3) is 0 Å². The van der Waals surface area contributed by atoms with Gasteiger partial charge in [-0.3, -0.25) is 0 Å². The second kappa shape index (κ2) is 7.96. The van der Waals surface area contributed by atoms with E-state index in [0.29, 0.717) is 5.75 Å². The van der Waals surface area contributed by atoms with Gasteiger partial charge in [0.2, 0.25) is 0 Å². The molecule has 90 valence electrons. The Hall–Kier alpha value is -1.22. The van der Waals surface area contributed by atoms with Gasteiger partial charge in [-0.05, 0) is 22.0 Å². The lowest BCUT2D eigenvalue weighted by Crippen LogP contribution is -2.11. The predicted octanol–water partition coefficient (Wildman–Crippen LogP) is 3.55. The van der Waals surface area contributed by atoms with Crippen molar-refractivity contribution in [3.8, 4) is 15.6 Å². The van der Waals surface area contributed by atoms with Crippen LogP contribution < -0.4 is 4.74 Å². The Morgan fingerprint density at radius 2 is 2.18 bits per heavy atom. The number of halogens is 1. The maximum Gasteiger partial charge on any atom is 0.514 e. The largest absolute Gasteiger partial charge is 0.514 e. The zero-order valence-corrected chi connectivity index (χ0v) is 11.7. The summed E-state index contributed by atoms with van der Waals surface area (Å²) in [7, 11) is 0. The van der Waals surface area contributed by atoms with E-state index in [2.05, 4.69) is 16.8 Å². The standard InChI is InChI=1S/C13H13IO3/c1-2-6-11-7-3-4-8-12(11)17-13(15)16-10-5-9-14/h3-4,7-8H,2,6,10H2,1H3. The molecule has 0 saturated heterocycles. The molecule has 0 amide bonds. The van der Waals surface area contributed by atoms with Gasteiger partial charge in [-0.1, -0.05) is 37.5 Å². The number of ether oxygens (including phenoxy) is 2. The average Bonchev–Trinajstić information content (AvgIpc) is 2.32. The summed E-state index contributed by atoms with van der Waals surface area (Å²) in [5.74, 6) is 3.18. The van der Waals surface area contributed by atoms with Crippen LogP contribution in [-0.2, 0) is 11.2 Å². The molecule has 0 radical (unpaired) electrons. The van der Waals surface area contributed by atoms with Crippen LogP contribution in [0.5, 0.6) is 5.75 Å². The third-order valence-electron chi connectivity index (χ3n) is 2.01. The zero-order chi connectivity index (χ0) is 12.5. The Morgan fingerprint density at radius 1 is 1.41 bits per heavy atom. The van der Waals surface area contributed by atoms with E-state index < -0.39 is 6.16 Å². The maximum absolute atomic E-state index is 11.3. The molecule has 0 unspecified atom stereocenters. The van der Waals surface area contributed by atoms with E-state index in [0.717, 1.165) is 18.4 Å². The van der Waals surface area contributed by atoms with E-state index in [1.54, 1.807) is 6.07 Å². The van der Waals surface area contributed by atoms with Gasteiger partial charge >= 0.3 is 6.16 Å². The third-order valence-corrected chi connectivity index (χ3v) is 2.40. The molecule has 0 aliphatic carbocycles. The molecule has 0 aliphatic heterocycles. The number of benzene rings is 1. The first kappa shape index (κ1) is 13.8. The van der Waals surface area contributed by atoms with Crippen molar-refractivity contribution >= 4 is 28.7 Å². The van der Waals surface area contributed by atoms with Gasteiger partial charge < -0.3 is 9.47 Å². The highest BCUT2D eigenvalue weighted by atomic mass is 127. The minimum Gasteiger partial charge on any atom is -0.421 e. The number of para-hydroxylation sites is 1. The van der Waals surface area contributed by atoms with E-state index in [9.17, 15) is 4.79 Å². The fourth-order valence-electron chi connectivity index (χ4n) is 1.32. The Balaban J connectivity index is 2.59. The van der Waals surface area contributed by atoms with Crippen LogP contribution in [-0.4, -0.2) is 12.8 Å². The van der Waals surface area contributed by atoms with E-state index in [1.165, 1.54) is 0 Å². The molecule has 0 atom stereocenters. The van der Waals surface area contributed by atoms with Crippen molar-refractivity contribution in [3.05, 3.63) is 29.8 Å². The lowest BCUT2D eigenvalue weighted by molar-refractivity contribution is 0.111. The zero-order valence-electron chi connectivity index (χ0n) is 9.53. The first-order valence-corrected chi connectivity index (χ1v) is 6.36. The van der Waals surface area contributed by atoms with Crippen LogP contribution in [0.3, 0.4) is 0 Å². The van der Waals surface area contributed by atoms with Gasteiger partial charge in [0.25, 0.3) is 0 Å². The van der Waals surface area contributed by atoms with Crippen molar-refractivity contribution in [2.24, 2.45) is 0 Å². The van der Waals surface area contributed by atoms with Crippen LogP contribution in [0.1, 0.15) is 18.9 Å². The summed E-state index contributed by atoms with van der Waals surface area (Å²) in [4.78, 5) is 11.3. The summed E-state index contributed by atoms with van der Waals surface area (Å²) in [6.45, 7) is 2.13. The second-order valence-electron chi connectivity index (χ2n) is 3.27. The molecule has 0 heterocycles. The number of hydrogen-bond acceptors (Lipinski definition) is 3. The van der Waals surface area contributed by atoms with Crippen molar-refractivity contribution in [1.29, 1.82) is 0 Å². The number of rotatable bonds is 4. The predicted molar refractivity (Wildman–Crippen MR) is 74.2 cm³/mol. The van der Waals surface area contributed by atoms with Crippen molar-refractivity contribution < 1.29 is 14.3 Å². The smallest absolute Gasteiger partial charge is 0.421 e. The molecule has 3 nitrogen and oxygen atoms in total. The van der Waals surface area contributed by atoms with Gasteiger partial charge in [0.1, 0.15) is 5.75 Å². The normalized spacial score (nSPS) is 9.06. The molecule has 1 rings (SSSR count). The molecule has 0 saturated carbocycles. The highest BCUT2D eigenvalue weighted by molar-refractivity contribution is 14.1. The summed E-state index contributed by atoms with van der Waals surface area (Å²) in [6.07, 6.45) is 1.15. The van der Waals surface area contributed by atoms with Crippen molar-refractivity contribution in [1.82, 2.24) is 0 Å². The van der Waals surface area contributed by atoms with Crippen molar-refractivity contribution in [2.75, 3.05) is 6.61 Å². The van der Waals surface area contributed by atoms with E-state index in [-0.39, 0.29) is 6.61 Å². The maximum atomic E-state index is 11.3. The average molecular weight is 344 g/mol. The summed E-state index contributed by atoms with van der Waals surface area (Å²) in [6, 6.07) is 7.45. The van der Waals surface area contributed by atoms with Crippen LogP contribution in [0.15, 0.2) is 24.3 Å². The first-order valence-electron chi connectivity index (χ1n) is 5.29. The van der Waals surface area contributed by atoms with Gasteiger partial charge in [0.05, 0.1) is 0 Å². The number of carbonyl (C=O) groups excluding carboxylic acids is 1. The fraction of sp³-hybridized carbons (Fsp3) is 0.308. The van der Waals surface area contributed by atoms with Crippen LogP contribution in [0.4, 0.5) is 4.79 Å². The lowest BCUT2D eigenvalue weighted by atomic mass is 10.1. The first-order chi connectivity index (χ1) is 8.27. The molecule has 0 bridgehead atoms. The van der Waals surface area contributed by atoms with Gasteiger partial charge in [-0.25, -0.2) is 4.79 Å². The summed E-state index contributed by atoms with van der Waals surface area (Å²) in [5.41, 5.74) is 1.01. The molecule has 1 aromatic rings. The minimum absolute atomic E-state index is 0.0533. The Labute approximate surface area is 115 Å². The Kier molecular flexibility index (Phi) is 6.48. The molecule has 0 N–H and O–H groups in total. The van der Waals surface area contributed by atoms with Crippen molar-refractivity contribution in [3.63, 3.8) is 0 Å². The van der Waals surface area contributed by atoms with Crippen LogP contribution in [0.2, 0.25) is 0 Å². The van der Waals surface area contributed by atoms with Gasteiger partial charge in [-0.2, -0.15) is 0 Å². The van der Waals surface area contributed by atoms with Crippen molar-refractivity contribution in [2.45, 2.75) is 19.8 Å². The molecule has 0 aliphatic rings. The molecule has 4 heteroatoms. The minimum atomic E-state index is -0.715. The SMILES string of the molecule is CCCc1ccccc1OC(=O)OCC#CI. The van der Waals surface area contributed by atoms with E-state index >= 15 is 0 Å². The third kappa shape index (κ3) is 5.09. The van der Waals surface area contributed by atoms with E-state index in [1.807, 2.05) is 40.8 Å². The highest BCUT2D eigenvalue weighted by Gasteiger charge is 2.08. The van der Waals surface area contributed by atoms with Gasteiger partial charge in [0, 0.05) is 22.6 Å². The Bertz CT molecular complexity index is 432. The Morgan fingerprint density at radius 3 is 2.88 bits per heavy atom. The lowest BCUT2D eigenvalue weighted by Gasteiger charge is -2.08. The number of hydrogen-bond donors (Lipinski definition) is 0. The molecule has 0 fully saturated rings. The fourth-order valence-corrected chi connectivity index (χ4v) is 1.48. The monoisotopic (exact) mass is 344 g/mol. The molecule has 0 aromatic heterocycles. The quantitative estimate of drug-likeness (QED) is 0.363. The molecule has 17 heavy (non-hydrogen) atoms. The second-order valence-corrected chi connectivity index (χ2v) is 3.81. The molecule has 0 spiro atoms. The summed E-state index contributed by atoms with van der Waals surface area (Å²) < 4.78 is 12.5. The van der Waals surface area contributed by atoms with E-state index in [4.69, 9.17) is 9.47 Å². The highest BCUT2D eigenvalue weighted by Crippen LogP contribution is 2.19. The summed E-state index contributed by atoms with van der Waals surface area (Å²) in [5, 5.41) is 0. The molecular formula is C13H13IO3. The number of carbonyl (C=O) groups is 1. The number of aryl methyl sites for hydroxylation is 1. The van der Waals surface area contributed by atoms with Gasteiger partial charge in [-0.15, -0.1) is 0 Å².